The van der Waals surface area contributed by atoms with Crippen LogP contribution in [0, 0.1) is 0 Å². The first-order chi connectivity index (χ1) is 6.40. The van der Waals surface area contributed by atoms with E-state index in [1.54, 1.807) is 6.08 Å². The maximum absolute atomic E-state index is 8.63. The van der Waals surface area contributed by atoms with Crippen molar-refractivity contribution in [3.63, 3.8) is 0 Å². The molecule has 0 saturated heterocycles. The molecule has 0 aromatic heterocycles. The van der Waals surface area contributed by atoms with Crippen LogP contribution in [0.2, 0.25) is 0 Å². The van der Waals surface area contributed by atoms with Gasteiger partial charge < -0.3 is 5.11 Å². The minimum atomic E-state index is 0.122. The highest BCUT2D eigenvalue weighted by molar-refractivity contribution is 5.52. The Morgan fingerprint density at radius 2 is 2.08 bits per heavy atom. The third kappa shape index (κ3) is 1.81. The van der Waals surface area contributed by atoms with Gasteiger partial charge in [0.2, 0.25) is 0 Å². The summed E-state index contributed by atoms with van der Waals surface area (Å²) in [7, 11) is 0. The molecule has 0 bridgehead atoms. The van der Waals surface area contributed by atoms with Crippen LogP contribution in [-0.4, -0.2) is 11.7 Å². The van der Waals surface area contributed by atoms with Crippen molar-refractivity contribution in [2.75, 3.05) is 6.61 Å². The summed E-state index contributed by atoms with van der Waals surface area (Å²) in [6.07, 6.45) is 7.49. The zero-order chi connectivity index (χ0) is 9.10. The van der Waals surface area contributed by atoms with Gasteiger partial charge in [0, 0.05) is 0 Å². The second-order valence-corrected chi connectivity index (χ2v) is 3.47. The van der Waals surface area contributed by atoms with E-state index in [0.29, 0.717) is 0 Å². The summed E-state index contributed by atoms with van der Waals surface area (Å²) in [5.41, 5.74) is 4.19. The van der Waals surface area contributed by atoms with Crippen molar-refractivity contribution in [1.82, 2.24) is 0 Å². The fourth-order valence-corrected chi connectivity index (χ4v) is 1.88. The Kier molecular flexibility index (Phi) is 2.46. The summed E-state index contributed by atoms with van der Waals surface area (Å²) in [4.78, 5) is 0. The van der Waals surface area contributed by atoms with Crippen LogP contribution in [0.4, 0.5) is 0 Å². The summed E-state index contributed by atoms with van der Waals surface area (Å²) in [6, 6.07) is 6.56. The molecule has 13 heavy (non-hydrogen) atoms. The lowest BCUT2D eigenvalue weighted by Gasteiger charge is -1.99. The molecule has 1 aromatic carbocycles. The van der Waals surface area contributed by atoms with Gasteiger partial charge in [0.1, 0.15) is 0 Å². The van der Waals surface area contributed by atoms with Gasteiger partial charge in [-0.05, 0) is 36.0 Å². The monoisotopic (exact) mass is 174 g/mol. The first kappa shape index (κ1) is 8.52. The molecule has 0 unspecified atom stereocenters. The molecular formula is C12H14O. The number of aryl methyl sites for hydroxylation is 2. The maximum Gasteiger partial charge on any atom is 0.0615 e. The highest BCUT2D eigenvalue weighted by Gasteiger charge is 2.09. The number of benzene rings is 1. The molecule has 0 saturated carbocycles. The number of aliphatic hydroxyl groups is 1. The molecule has 1 N–H and O–H groups in total. The standard InChI is InChI=1S/C12H14O/c13-8-2-3-10-6-7-11-4-1-5-12(11)9-10/h2-3,6-7,9,13H,1,4-5,8H2/b3-2+. The fraction of sp³-hybridized carbons (Fsp3) is 0.333. The Bertz CT molecular complexity index is 326. The number of rotatable bonds is 2. The molecule has 1 aromatic rings. The average Bonchev–Trinajstić information content (AvgIpc) is 2.61. The van der Waals surface area contributed by atoms with E-state index >= 15 is 0 Å². The van der Waals surface area contributed by atoms with Crippen LogP contribution in [0.15, 0.2) is 24.3 Å². The molecule has 1 heteroatoms. The van der Waals surface area contributed by atoms with E-state index in [9.17, 15) is 0 Å². The summed E-state index contributed by atoms with van der Waals surface area (Å²) in [5.74, 6) is 0. The normalized spacial score (nSPS) is 15.2. The molecule has 1 aliphatic carbocycles. The number of fused-ring (bicyclic) bond motifs is 1. The van der Waals surface area contributed by atoms with Gasteiger partial charge in [-0.3, -0.25) is 0 Å². The van der Waals surface area contributed by atoms with Crippen molar-refractivity contribution in [2.45, 2.75) is 19.3 Å². The first-order valence-electron chi connectivity index (χ1n) is 4.79. The summed E-state index contributed by atoms with van der Waals surface area (Å²) < 4.78 is 0. The van der Waals surface area contributed by atoms with Crippen molar-refractivity contribution in [3.8, 4) is 0 Å². The predicted octanol–water partition coefficient (Wildman–Crippen LogP) is 2.18. The molecule has 0 heterocycles. The molecule has 0 radical (unpaired) electrons. The number of hydrogen-bond acceptors (Lipinski definition) is 1. The molecule has 0 atom stereocenters. The molecule has 0 aliphatic heterocycles. The van der Waals surface area contributed by atoms with Crippen molar-refractivity contribution < 1.29 is 5.11 Å². The van der Waals surface area contributed by atoms with E-state index in [1.807, 2.05) is 6.08 Å². The van der Waals surface area contributed by atoms with E-state index in [1.165, 1.54) is 36.0 Å². The Hall–Kier alpha value is -1.08. The van der Waals surface area contributed by atoms with Gasteiger partial charge >= 0.3 is 0 Å². The second kappa shape index (κ2) is 3.75. The predicted molar refractivity (Wildman–Crippen MR) is 54.6 cm³/mol. The summed E-state index contributed by atoms with van der Waals surface area (Å²) in [5, 5.41) is 8.63. The lowest BCUT2D eigenvalue weighted by molar-refractivity contribution is 0.343. The Morgan fingerprint density at radius 3 is 2.92 bits per heavy atom. The van der Waals surface area contributed by atoms with Gasteiger partial charge in [-0.15, -0.1) is 0 Å². The van der Waals surface area contributed by atoms with Gasteiger partial charge in [0.25, 0.3) is 0 Å². The van der Waals surface area contributed by atoms with Crippen LogP contribution in [-0.2, 0) is 12.8 Å². The van der Waals surface area contributed by atoms with Gasteiger partial charge in [-0.2, -0.15) is 0 Å². The van der Waals surface area contributed by atoms with Crippen LogP contribution >= 0.6 is 0 Å². The zero-order valence-electron chi connectivity index (χ0n) is 7.66. The Morgan fingerprint density at radius 1 is 1.23 bits per heavy atom. The minimum absolute atomic E-state index is 0.122. The van der Waals surface area contributed by atoms with E-state index in [-0.39, 0.29) is 6.61 Å². The van der Waals surface area contributed by atoms with Gasteiger partial charge in [-0.1, -0.05) is 30.4 Å². The highest BCUT2D eigenvalue weighted by atomic mass is 16.2. The minimum Gasteiger partial charge on any atom is -0.392 e. The largest absolute Gasteiger partial charge is 0.392 e. The van der Waals surface area contributed by atoms with Crippen LogP contribution < -0.4 is 0 Å². The lowest BCUT2D eigenvalue weighted by Crippen LogP contribution is -1.83. The topological polar surface area (TPSA) is 20.2 Å². The summed E-state index contributed by atoms with van der Waals surface area (Å²) in [6.45, 7) is 0.122. The molecule has 0 fully saturated rings. The SMILES string of the molecule is OC/C=C/c1ccc2c(c1)CCC2. The molecular weight excluding hydrogens is 160 g/mol. The third-order valence-electron chi connectivity index (χ3n) is 2.54. The molecule has 1 nitrogen and oxygen atoms in total. The van der Waals surface area contributed by atoms with Gasteiger partial charge in [-0.25, -0.2) is 0 Å². The van der Waals surface area contributed by atoms with Crippen LogP contribution in [0.25, 0.3) is 6.08 Å². The first-order valence-corrected chi connectivity index (χ1v) is 4.79. The van der Waals surface area contributed by atoms with Crippen molar-refractivity contribution >= 4 is 6.08 Å². The molecule has 0 amide bonds. The highest BCUT2D eigenvalue weighted by Crippen LogP contribution is 2.23. The number of aliphatic hydroxyl groups excluding tert-OH is 1. The van der Waals surface area contributed by atoms with E-state index in [0.717, 1.165) is 0 Å². The van der Waals surface area contributed by atoms with E-state index in [2.05, 4.69) is 18.2 Å². The summed E-state index contributed by atoms with van der Waals surface area (Å²) >= 11 is 0. The number of hydrogen-bond donors (Lipinski definition) is 1. The molecule has 0 spiro atoms. The fourth-order valence-electron chi connectivity index (χ4n) is 1.88. The van der Waals surface area contributed by atoms with Crippen molar-refractivity contribution in [1.29, 1.82) is 0 Å². The lowest BCUT2D eigenvalue weighted by atomic mass is 10.1. The van der Waals surface area contributed by atoms with Crippen LogP contribution in [0.5, 0.6) is 0 Å². The Labute approximate surface area is 78.7 Å². The Balaban J connectivity index is 2.25. The van der Waals surface area contributed by atoms with Crippen LogP contribution in [0.3, 0.4) is 0 Å². The third-order valence-corrected chi connectivity index (χ3v) is 2.54. The van der Waals surface area contributed by atoms with Gasteiger partial charge in [0.05, 0.1) is 6.61 Å². The van der Waals surface area contributed by atoms with Crippen molar-refractivity contribution in [2.24, 2.45) is 0 Å². The maximum atomic E-state index is 8.63. The molecule has 68 valence electrons. The van der Waals surface area contributed by atoms with E-state index in [4.69, 9.17) is 5.11 Å². The zero-order valence-corrected chi connectivity index (χ0v) is 7.66. The second-order valence-electron chi connectivity index (χ2n) is 3.47. The smallest absolute Gasteiger partial charge is 0.0615 e. The average molecular weight is 174 g/mol. The van der Waals surface area contributed by atoms with Crippen molar-refractivity contribution in [3.05, 3.63) is 41.0 Å². The molecule has 2 rings (SSSR count). The molecule has 1 aliphatic rings. The van der Waals surface area contributed by atoms with E-state index < -0.39 is 0 Å². The quantitative estimate of drug-likeness (QED) is 0.728. The van der Waals surface area contributed by atoms with Crippen LogP contribution in [0.1, 0.15) is 23.1 Å². The van der Waals surface area contributed by atoms with Gasteiger partial charge in [0.15, 0.2) is 0 Å².